The maximum absolute atomic E-state index is 15.1. The number of hydrogen-bond acceptors (Lipinski definition) is 8. The number of alkyl halides is 2. The third-order valence-electron chi connectivity index (χ3n) is 17.1. The van der Waals surface area contributed by atoms with Crippen molar-refractivity contribution in [3.63, 3.8) is 0 Å². The monoisotopic (exact) mass is 1090 g/mol. The van der Waals surface area contributed by atoms with Crippen LogP contribution in [0.5, 0.6) is 17.2 Å². The molecular formula is C58H67Cl3F2N4O8. The lowest BCUT2D eigenvalue weighted by Crippen LogP contribution is -2.53. The number of halogens is 5. The zero-order valence-corrected chi connectivity index (χ0v) is 45.6. The average Bonchev–Trinajstić information content (AvgIpc) is 4.06. The van der Waals surface area contributed by atoms with Gasteiger partial charge in [0.2, 0.25) is 11.5 Å². The van der Waals surface area contributed by atoms with Crippen LogP contribution in [0.2, 0.25) is 15.1 Å². The van der Waals surface area contributed by atoms with Gasteiger partial charge in [-0.2, -0.15) is 0 Å². The lowest BCUT2D eigenvalue weighted by Gasteiger charge is -2.46. The first-order valence-electron chi connectivity index (χ1n) is 26.2. The Morgan fingerprint density at radius 3 is 1.96 bits per heavy atom. The van der Waals surface area contributed by atoms with E-state index in [-0.39, 0.29) is 53.6 Å². The van der Waals surface area contributed by atoms with E-state index in [0.717, 1.165) is 51.4 Å². The van der Waals surface area contributed by atoms with Crippen molar-refractivity contribution in [1.82, 2.24) is 19.6 Å². The minimum atomic E-state index is -3.42. The number of hydrogen-bond donors (Lipinski definition) is 1. The maximum atomic E-state index is 15.1. The summed E-state index contributed by atoms with van der Waals surface area (Å²) in [5, 5.41) is 12.9. The van der Waals surface area contributed by atoms with Gasteiger partial charge in [-0.3, -0.25) is 19.2 Å². The van der Waals surface area contributed by atoms with E-state index in [1.807, 2.05) is 11.0 Å². The maximum Gasteiger partial charge on any atom is 0.280 e. The summed E-state index contributed by atoms with van der Waals surface area (Å²) in [6.45, 7) is 2.33. The Bertz CT molecular complexity index is 2810. The molecule has 5 fully saturated rings. The van der Waals surface area contributed by atoms with Gasteiger partial charge in [-0.05, 0) is 160 Å². The molecule has 402 valence electrons. The topological polar surface area (TPSA) is 129 Å². The Labute approximate surface area is 453 Å². The number of methoxy groups -OCH3 is 1. The number of amides is 4. The van der Waals surface area contributed by atoms with E-state index in [1.165, 1.54) is 33.9 Å². The van der Waals surface area contributed by atoms with Crippen molar-refractivity contribution in [1.29, 1.82) is 0 Å². The number of benzene rings is 4. The second-order valence-corrected chi connectivity index (χ2v) is 23.3. The van der Waals surface area contributed by atoms with Gasteiger partial charge in [0.15, 0.2) is 0 Å². The highest BCUT2D eigenvalue weighted by atomic mass is 35.5. The molecule has 2 atom stereocenters. The van der Waals surface area contributed by atoms with Gasteiger partial charge in [-0.25, -0.2) is 8.78 Å². The Hall–Kier alpha value is -5.15. The Morgan fingerprint density at radius 2 is 1.39 bits per heavy atom. The van der Waals surface area contributed by atoms with Crippen LogP contribution >= 0.6 is 34.8 Å². The van der Waals surface area contributed by atoms with Crippen molar-refractivity contribution in [2.75, 3.05) is 68.1 Å². The summed E-state index contributed by atoms with van der Waals surface area (Å²) in [5.74, 6) is 1.31. The second-order valence-electron chi connectivity index (χ2n) is 22.0. The van der Waals surface area contributed by atoms with Gasteiger partial charge < -0.3 is 38.9 Å². The van der Waals surface area contributed by atoms with Crippen LogP contribution in [0.4, 0.5) is 8.78 Å². The number of carbonyl (C=O) groups is 4. The average molecular weight is 1090 g/mol. The van der Waals surface area contributed by atoms with E-state index in [1.54, 1.807) is 82.8 Å². The Balaban J connectivity index is 0.789. The number of nitrogens with zero attached hydrogens (tertiary/aromatic N) is 4. The summed E-state index contributed by atoms with van der Waals surface area (Å²) in [5.41, 5.74) is -1.25. The molecule has 75 heavy (non-hydrogen) atoms. The predicted octanol–water partition coefficient (Wildman–Crippen LogP) is 11.2. The van der Waals surface area contributed by atoms with Gasteiger partial charge in [0.05, 0.1) is 46.4 Å². The van der Waals surface area contributed by atoms with Crippen LogP contribution in [0.1, 0.15) is 109 Å². The van der Waals surface area contributed by atoms with Gasteiger partial charge >= 0.3 is 0 Å². The van der Waals surface area contributed by atoms with E-state index in [2.05, 4.69) is 0 Å². The molecule has 3 saturated carbocycles. The van der Waals surface area contributed by atoms with Crippen LogP contribution in [0.25, 0.3) is 11.1 Å². The molecule has 0 unspecified atom stereocenters. The fraction of sp³-hybridized carbons (Fsp3) is 0.517. The standard InChI is InChI=1S/C58H67Cl3F2N4O8/c1-64(2)51(68)44-12-9-40(32-48(44)60)74-26-17-39-34-56(39)20-24-67(25-21-56)54(70)57(18-6-19-57)46-30-37(7-14-47(46)59)43-11-8-38(31-50(43)73-5)58(72,53(62)63)55(71)66-22-15-35(16-23-66)27-36-28-42(29-36)75-41-10-13-45(49(61)33-41)52(69)65(3)4/h7-14,30-33,35-36,39,42,53,72H,6,15-29,34H2,1-5H3/t36-,39-,42+,58-/m0/s1. The van der Waals surface area contributed by atoms with Crippen molar-refractivity contribution >= 4 is 58.4 Å². The molecule has 12 nitrogen and oxygen atoms in total. The fourth-order valence-corrected chi connectivity index (χ4v) is 13.0. The number of carbonyl (C=O) groups excluding carboxylic acids is 4. The van der Waals surface area contributed by atoms with Crippen LogP contribution in [-0.2, 0) is 20.6 Å². The second kappa shape index (κ2) is 22.1. The normalized spacial score (nSPS) is 21.6. The number of piperidine rings is 2. The van der Waals surface area contributed by atoms with Gasteiger partial charge in [-0.1, -0.05) is 59.4 Å². The molecule has 0 bridgehead atoms. The minimum Gasteiger partial charge on any atom is -0.496 e. The summed E-state index contributed by atoms with van der Waals surface area (Å²) in [6, 6.07) is 20.0. The Morgan fingerprint density at radius 1 is 0.760 bits per heavy atom. The predicted molar refractivity (Wildman–Crippen MR) is 285 cm³/mol. The smallest absolute Gasteiger partial charge is 0.280 e. The van der Waals surface area contributed by atoms with Crippen LogP contribution in [-0.4, -0.2) is 129 Å². The van der Waals surface area contributed by atoms with Crippen molar-refractivity contribution in [2.24, 2.45) is 23.2 Å². The van der Waals surface area contributed by atoms with Crippen molar-refractivity contribution in [3.8, 4) is 28.4 Å². The first-order chi connectivity index (χ1) is 35.8. The van der Waals surface area contributed by atoms with E-state index < -0.39 is 23.3 Å². The van der Waals surface area contributed by atoms with Gasteiger partial charge in [-0.15, -0.1) is 0 Å². The third kappa shape index (κ3) is 10.9. The molecule has 1 spiro atoms. The molecule has 1 N–H and O–H groups in total. The number of likely N-dealkylation sites (tertiary alicyclic amines) is 2. The van der Waals surface area contributed by atoms with Crippen LogP contribution < -0.4 is 14.2 Å². The Kier molecular flexibility index (Phi) is 16.1. The molecule has 2 aliphatic heterocycles. The molecule has 3 aliphatic carbocycles. The van der Waals surface area contributed by atoms with E-state index in [9.17, 15) is 24.3 Å². The SMILES string of the molecule is COc1cc([C@@](O)(C(=O)N2CCC(C[C@H]3C[C@@H](Oc4ccc(C(=O)N(C)C)c(Cl)c4)C3)CC2)C(F)F)ccc1-c1ccc(Cl)c(C2(C(=O)N3CCC4(CC3)C[C@@H]4CCOc3ccc(C(=O)N(C)C)c(Cl)c3)CCC2)c1. The van der Waals surface area contributed by atoms with Crippen molar-refractivity contribution in [2.45, 2.75) is 101 Å². The van der Waals surface area contributed by atoms with Crippen LogP contribution in [0, 0.1) is 23.2 Å². The number of rotatable bonds is 17. The molecule has 5 aliphatic rings. The molecule has 2 heterocycles. The van der Waals surface area contributed by atoms with Crippen molar-refractivity contribution < 1.29 is 47.3 Å². The van der Waals surface area contributed by atoms with E-state index in [0.29, 0.717) is 118 Å². The summed E-state index contributed by atoms with van der Waals surface area (Å²) in [4.78, 5) is 59.7. The molecular weight excluding hydrogens is 1030 g/mol. The summed E-state index contributed by atoms with van der Waals surface area (Å²) in [6.07, 6.45) is 6.44. The highest BCUT2D eigenvalue weighted by Crippen LogP contribution is 2.61. The largest absolute Gasteiger partial charge is 0.496 e. The zero-order valence-electron chi connectivity index (χ0n) is 43.3. The lowest BCUT2D eigenvalue weighted by molar-refractivity contribution is -0.173. The number of ether oxygens (including phenoxy) is 3. The molecule has 0 radical (unpaired) electrons. The highest BCUT2D eigenvalue weighted by molar-refractivity contribution is 6.34. The van der Waals surface area contributed by atoms with Gasteiger partial charge in [0, 0.05) is 70.5 Å². The van der Waals surface area contributed by atoms with Gasteiger partial charge in [0.25, 0.3) is 24.1 Å². The van der Waals surface area contributed by atoms with Crippen molar-refractivity contribution in [3.05, 3.63) is 110 Å². The minimum absolute atomic E-state index is 0.0222. The summed E-state index contributed by atoms with van der Waals surface area (Å²) in [7, 11) is 8.11. The third-order valence-corrected chi connectivity index (χ3v) is 18.0. The molecule has 17 heteroatoms. The van der Waals surface area contributed by atoms with Gasteiger partial charge in [0.1, 0.15) is 17.2 Å². The zero-order chi connectivity index (χ0) is 53.6. The van der Waals surface area contributed by atoms with Crippen LogP contribution in [0.15, 0.2) is 72.8 Å². The number of aliphatic hydroxyl groups is 1. The highest BCUT2D eigenvalue weighted by Gasteiger charge is 2.57. The first-order valence-corrected chi connectivity index (χ1v) is 27.3. The first kappa shape index (κ1) is 54.6. The molecule has 4 aromatic carbocycles. The van der Waals surface area contributed by atoms with Crippen LogP contribution in [0.3, 0.4) is 0 Å². The van der Waals surface area contributed by atoms with E-state index in [4.69, 9.17) is 49.0 Å². The summed E-state index contributed by atoms with van der Waals surface area (Å²) < 4.78 is 48.2. The van der Waals surface area contributed by atoms with E-state index >= 15 is 8.78 Å². The molecule has 0 aromatic heterocycles. The molecule has 9 rings (SSSR count). The summed E-state index contributed by atoms with van der Waals surface area (Å²) >= 11 is 19.7. The molecule has 4 amide bonds. The quantitative estimate of drug-likeness (QED) is 0.111. The fourth-order valence-electron chi connectivity index (χ4n) is 12.2. The lowest BCUT2D eigenvalue weighted by atomic mass is 9.63. The molecule has 4 aromatic rings. The molecule has 2 saturated heterocycles.